The monoisotopic (exact) mass is 361 g/mol. The molecule has 0 bridgehead atoms. The fourth-order valence-electron chi connectivity index (χ4n) is 2.92. The molecule has 1 aromatic carbocycles. The Labute approximate surface area is 156 Å². The topological polar surface area (TPSA) is 85.3 Å². The van der Waals surface area contributed by atoms with Gasteiger partial charge in [0.2, 0.25) is 5.91 Å². The van der Waals surface area contributed by atoms with Gasteiger partial charge in [0.25, 0.3) is 0 Å². The van der Waals surface area contributed by atoms with Crippen LogP contribution in [-0.4, -0.2) is 25.5 Å². The third-order valence-electron chi connectivity index (χ3n) is 4.28. The Balaban J connectivity index is 1.35. The summed E-state index contributed by atoms with van der Waals surface area (Å²) >= 11 is 0. The molecule has 0 unspecified atom stereocenters. The summed E-state index contributed by atoms with van der Waals surface area (Å²) in [5.74, 6) is 1.86. The van der Waals surface area contributed by atoms with Crippen LogP contribution in [0.3, 0.4) is 0 Å². The van der Waals surface area contributed by atoms with Gasteiger partial charge in [0.05, 0.1) is 12.2 Å². The van der Waals surface area contributed by atoms with Crippen LogP contribution < -0.4 is 5.32 Å². The van der Waals surface area contributed by atoms with E-state index in [9.17, 15) is 4.79 Å². The van der Waals surface area contributed by atoms with Crippen LogP contribution >= 0.6 is 0 Å². The SMILES string of the molecule is C[C@@H](NC(=O)CCc1ncc(-c2ccccc2)o1)c1nnc2ccccn12. The van der Waals surface area contributed by atoms with Gasteiger partial charge in [-0.15, -0.1) is 10.2 Å². The highest BCUT2D eigenvalue weighted by molar-refractivity contribution is 5.76. The molecule has 7 nitrogen and oxygen atoms in total. The maximum Gasteiger partial charge on any atom is 0.221 e. The van der Waals surface area contributed by atoms with Crippen LogP contribution in [0.4, 0.5) is 0 Å². The summed E-state index contributed by atoms with van der Waals surface area (Å²) in [5.41, 5.74) is 1.72. The number of carbonyl (C=O) groups excluding carboxylic acids is 1. The minimum absolute atomic E-state index is 0.0883. The van der Waals surface area contributed by atoms with Crippen LogP contribution in [0, 0.1) is 0 Å². The van der Waals surface area contributed by atoms with Crippen molar-refractivity contribution >= 4 is 11.6 Å². The van der Waals surface area contributed by atoms with Crippen molar-refractivity contribution in [2.24, 2.45) is 0 Å². The Hall–Kier alpha value is -3.48. The molecule has 0 spiro atoms. The summed E-state index contributed by atoms with van der Waals surface area (Å²) in [5, 5.41) is 11.2. The lowest BCUT2D eigenvalue weighted by Crippen LogP contribution is -2.28. The number of carbonyl (C=O) groups is 1. The van der Waals surface area contributed by atoms with E-state index in [2.05, 4.69) is 20.5 Å². The van der Waals surface area contributed by atoms with Crippen LogP contribution in [0.25, 0.3) is 17.0 Å². The zero-order valence-electron chi connectivity index (χ0n) is 14.9. The maximum absolute atomic E-state index is 12.3. The molecule has 0 aliphatic heterocycles. The zero-order chi connectivity index (χ0) is 18.6. The second-order valence-electron chi connectivity index (χ2n) is 6.26. The first-order valence-electron chi connectivity index (χ1n) is 8.80. The van der Waals surface area contributed by atoms with Gasteiger partial charge in [-0.1, -0.05) is 36.4 Å². The minimum atomic E-state index is -0.251. The molecule has 4 rings (SSSR count). The Kier molecular flexibility index (Phi) is 4.65. The summed E-state index contributed by atoms with van der Waals surface area (Å²) in [6, 6.07) is 15.2. The predicted molar refractivity (Wildman–Crippen MR) is 99.8 cm³/mol. The lowest BCUT2D eigenvalue weighted by Gasteiger charge is -2.11. The molecule has 0 aliphatic carbocycles. The number of pyridine rings is 1. The second kappa shape index (κ2) is 7.41. The number of hydrogen-bond donors (Lipinski definition) is 1. The number of nitrogens with one attached hydrogen (secondary N) is 1. The lowest BCUT2D eigenvalue weighted by molar-refractivity contribution is -0.121. The van der Waals surface area contributed by atoms with E-state index in [0.717, 1.165) is 11.2 Å². The summed E-state index contributed by atoms with van der Waals surface area (Å²) in [6.07, 6.45) is 4.29. The van der Waals surface area contributed by atoms with Crippen LogP contribution in [0.5, 0.6) is 0 Å². The van der Waals surface area contributed by atoms with E-state index < -0.39 is 0 Å². The second-order valence-corrected chi connectivity index (χ2v) is 6.26. The highest BCUT2D eigenvalue weighted by Gasteiger charge is 2.16. The van der Waals surface area contributed by atoms with E-state index in [-0.39, 0.29) is 18.4 Å². The standard InChI is InChI=1S/C20H19N5O2/c1-14(20-24-23-17-9-5-6-12-25(17)20)22-18(26)10-11-19-21-13-16(27-19)15-7-3-2-4-8-15/h2-9,12-14H,10-11H2,1H3,(H,22,26)/t14-/m1/s1. The smallest absolute Gasteiger partial charge is 0.221 e. The quantitative estimate of drug-likeness (QED) is 0.570. The molecule has 27 heavy (non-hydrogen) atoms. The Morgan fingerprint density at radius 3 is 2.81 bits per heavy atom. The van der Waals surface area contributed by atoms with Crippen LogP contribution in [-0.2, 0) is 11.2 Å². The molecule has 0 saturated heterocycles. The van der Waals surface area contributed by atoms with Gasteiger partial charge in [-0.2, -0.15) is 0 Å². The van der Waals surface area contributed by atoms with Gasteiger partial charge in [0, 0.05) is 24.6 Å². The number of fused-ring (bicyclic) bond motifs is 1. The van der Waals surface area contributed by atoms with Crippen LogP contribution in [0.2, 0.25) is 0 Å². The number of amides is 1. The van der Waals surface area contributed by atoms with E-state index in [0.29, 0.717) is 23.9 Å². The summed E-state index contributed by atoms with van der Waals surface area (Å²) in [4.78, 5) is 16.6. The molecule has 0 saturated carbocycles. The first-order valence-corrected chi connectivity index (χ1v) is 8.80. The first kappa shape index (κ1) is 17.0. The van der Waals surface area contributed by atoms with Crippen molar-refractivity contribution in [3.8, 4) is 11.3 Å². The molecule has 1 amide bonds. The van der Waals surface area contributed by atoms with Gasteiger partial charge in [-0.05, 0) is 19.1 Å². The molecular weight excluding hydrogens is 342 g/mol. The molecule has 7 heteroatoms. The molecule has 0 radical (unpaired) electrons. The van der Waals surface area contributed by atoms with Crippen molar-refractivity contribution in [1.82, 2.24) is 24.9 Å². The predicted octanol–water partition coefficient (Wildman–Crippen LogP) is 3.19. The Morgan fingerprint density at radius 2 is 1.96 bits per heavy atom. The zero-order valence-corrected chi connectivity index (χ0v) is 14.9. The number of aromatic nitrogens is 4. The van der Waals surface area contributed by atoms with Crippen molar-refractivity contribution in [2.45, 2.75) is 25.8 Å². The molecule has 1 atom stereocenters. The van der Waals surface area contributed by atoms with E-state index in [1.54, 1.807) is 6.20 Å². The molecule has 3 aromatic heterocycles. The Bertz CT molecular complexity index is 1050. The van der Waals surface area contributed by atoms with E-state index in [1.165, 1.54) is 0 Å². The third kappa shape index (κ3) is 3.72. The van der Waals surface area contributed by atoms with Gasteiger partial charge < -0.3 is 9.73 Å². The highest BCUT2D eigenvalue weighted by atomic mass is 16.4. The van der Waals surface area contributed by atoms with Gasteiger partial charge >= 0.3 is 0 Å². The number of aryl methyl sites for hydroxylation is 1. The van der Waals surface area contributed by atoms with E-state index >= 15 is 0 Å². The fourth-order valence-corrected chi connectivity index (χ4v) is 2.92. The molecular formula is C20H19N5O2. The van der Waals surface area contributed by atoms with Crippen molar-refractivity contribution in [1.29, 1.82) is 0 Å². The molecule has 1 N–H and O–H groups in total. The van der Waals surface area contributed by atoms with Crippen molar-refractivity contribution in [3.63, 3.8) is 0 Å². The van der Waals surface area contributed by atoms with Crippen molar-refractivity contribution < 1.29 is 9.21 Å². The van der Waals surface area contributed by atoms with E-state index in [4.69, 9.17) is 4.42 Å². The summed E-state index contributed by atoms with van der Waals surface area (Å²) in [7, 11) is 0. The number of benzene rings is 1. The van der Waals surface area contributed by atoms with Crippen molar-refractivity contribution in [2.75, 3.05) is 0 Å². The average Bonchev–Trinajstić information content (AvgIpc) is 3.34. The number of nitrogens with zero attached hydrogens (tertiary/aromatic N) is 4. The molecule has 4 aromatic rings. The first-order chi connectivity index (χ1) is 13.2. The van der Waals surface area contributed by atoms with Crippen molar-refractivity contribution in [3.05, 3.63) is 72.6 Å². The van der Waals surface area contributed by atoms with Crippen LogP contribution in [0.1, 0.15) is 31.1 Å². The maximum atomic E-state index is 12.3. The normalized spacial score (nSPS) is 12.2. The Morgan fingerprint density at radius 1 is 1.15 bits per heavy atom. The third-order valence-corrected chi connectivity index (χ3v) is 4.28. The molecule has 136 valence electrons. The highest BCUT2D eigenvalue weighted by Crippen LogP contribution is 2.20. The summed E-state index contributed by atoms with van der Waals surface area (Å²) < 4.78 is 7.60. The van der Waals surface area contributed by atoms with Gasteiger partial charge in [-0.3, -0.25) is 9.20 Å². The molecule has 0 fully saturated rings. The van der Waals surface area contributed by atoms with Gasteiger partial charge in [-0.25, -0.2) is 4.98 Å². The van der Waals surface area contributed by atoms with Crippen LogP contribution in [0.15, 0.2) is 65.3 Å². The molecule has 0 aliphatic rings. The summed E-state index contributed by atoms with van der Waals surface area (Å²) in [6.45, 7) is 1.89. The van der Waals surface area contributed by atoms with Gasteiger partial charge in [0.15, 0.2) is 23.1 Å². The number of oxazole rings is 1. The molecule has 3 heterocycles. The average molecular weight is 361 g/mol. The van der Waals surface area contributed by atoms with E-state index in [1.807, 2.05) is 66.1 Å². The lowest BCUT2D eigenvalue weighted by atomic mass is 10.2. The largest absolute Gasteiger partial charge is 0.441 e. The van der Waals surface area contributed by atoms with Gasteiger partial charge in [0.1, 0.15) is 0 Å². The fraction of sp³-hybridized carbons (Fsp3) is 0.200. The minimum Gasteiger partial charge on any atom is -0.441 e. The number of hydrogen-bond acceptors (Lipinski definition) is 5. The number of rotatable bonds is 6.